The second-order valence-electron chi connectivity index (χ2n) is 5.44. The van der Waals surface area contributed by atoms with Gasteiger partial charge in [-0.1, -0.05) is 6.08 Å². The zero-order chi connectivity index (χ0) is 16.1. The van der Waals surface area contributed by atoms with Crippen LogP contribution in [-0.2, 0) is 17.8 Å². The largest absolute Gasteiger partial charge is 0.508 e. The van der Waals surface area contributed by atoms with E-state index >= 15 is 0 Å². The third-order valence-electron chi connectivity index (χ3n) is 3.18. The van der Waals surface area contributed by atoms with Gasteiger partial charge in [0.2, 0.25) is 5.91 Å². The van der Waals surface area contributed by atoms with Crippen molar-refractivity contribution in [2.75, 3.05) is 0 Å². The summed E-state index contributed by atoms with van der Waals surface area (Å²) in [7, 11) is 0. The minimum atomic E-state index is -0.0562. The minimum absolute atomic E-state index is 0.0562. The molecule has 5 nitrogen and oxygen atoms in total. The van der Waals surface area contributed by atoms with Gasteiger partial charge < -0.3 is 15.0 Å². The number of carbonyl (C=O) groups is 1. The van der Waals surface area contributed by atoms with Crippen LogP contribution in [0.1, 0.15) is 19.4 Å². The molecule has 0 saturated carbocycles. The molecule has 1 aromatic heterocycles. The number of hydrogen-bond acceptors (Lipinski definition) is 3. The van der Waals surface area contributed by atoms with Crippen LogP contribution in [0.2, 0.25) is 0 Å². The number of benzene rings is 1. The van der Waals surface area contributed by atoms with Crippen molar-refractivity contribution >= 4 is 5.91 Å². The summed E-state index contributed by atoms with van der Waals surface area (Å²) in [6.07, 6.45) is 5.75. The quantitative estimate of drug-likeness (QED) is 0.805. The lowest BCUT2D eigenvalue weighted by Crippen LogP contribution is -2.33. The van der Waals surface area contributed by atoms with Crippen LogP contribution in [0.5, 0.6) is 5.75 Å². The van der Waals surface area contributed by atoms with Gasteiger partial charge in [-0.05, 0) is 44.0 Å². The lowest BCUT2D eigenvalue weighted by Gasteiger charge is -2.12. The molecule has 22 heavy (non-hydrogen) atoms. The summed E-state index contributed by atoms with van der Waals surface area (Å²) in [4.78, 5) is 16.2. The molecule has 0 unspecified atom stereocenters. The Morgan fingerprint density at radius 2 is 2.27 bits per heavy atom. The standard InChI is InChI=1S/C17H21N3O2/c1-4-5-13-10-14(6-7-15(13)21)17-18-8-9-20(17)11-16(22)19-12(2)3/h4,6-10,12,21H,1,5,11H2,2-3H3,(H,19,22). The van der Waals surface area contributed by atoms with Gasteiger partial charge in [-0.3, -0.25) is 4.79 Å². The number of nitrogens with zero attached hydrogens (tertiary/aromatic N) is 2. The number of carbonyl (C=O) groups excluding carboxylic acids is 1. The maximum atomic E-state index is 11.9. The molecule has 2 N–H and O–H groups in total. The minimum Gasteiger partial charge on any atom is -0.508 e. The molecule has 0 bridgehead atoms. The summed E-state index contributed by atoms with van der Waals surface area (Å²) < 4.78 is 1.79. The van der Waals surface area contributed by atoms with Crippen LogP contribution in [-0.4, -0.2) is 26.6 Å². The smallest absolute Gasteiger partial charge is 0.240 e. The molecule has 0 aliphatic carbocycles. The van der Waals surface area contributed by atoms with Crippen molar-refractivity contribution in [1.29, 1.82) is 0 Å². The fourth-order valence-electron chi connectivity index (χ4n) is 2.26. The summed E-state index contributed by atoms with van der Waals surface area (Å²) >= 11 is 0. The summed E-state index contributed by atoms with van der Waals surface area (Å²) in [6.45, 7) is 7.75. The molecule has 0 radical (unpaired) electrons. The number of amides is 1. The topological polar surface area (TPSA) is 67.2 Å². The third-order valence-corrected chi connectivity index (χ3v) is 3.18. The average molecular weight is 299 g/mol. The van der Waals surface area contributed by atoms with E-state index in [1.54, 1.807) is 35.2 Å². The van der Waals surface area contributed by atoms with E-state index in [2.05, 4.69) is 16.9 Å². The number of aromatic nitrogens is 2. The van der Waals surface area contributed by atoms with Crippen molar-refractivity contribution < 1.29 is 9.90 Å². The van der Waals surface area contributed by atoms with Gasteiger partial charge in [-0.25, -0.2) is 4.98 Å². The van der Waals surface area contributed by atoms with Crippen LogP contribution in [0.3, 0.4) is 0 Å². The SMILES string of the molecule is C=CCc1cc(-c2nccn2CC(=O)NC(C)C)ccc1O. The molecule has 1 aromatic carbocycles. The Kier molecular flexibility index (Phi) is 4.99. The Bertz CT molecular complexity index is 674. The summed E-state index contributed by atoms with van der Waals surface area (Å²) in [5, 5.41) is 12.7. The Morgan fingerprint density at radius 3 is 2.95 bits per heavy atom. The molecule has 0 atom stereocenters. The van der Waals surface area contributed by atoms with Crippen LogP contribution >= 0.6 is 0 Å². The number of nitrogens with one attached hydrogen (secondary N) is 1. The monoisotopic (exact) mass is 299 g/mol. The Balaban J connectivity index is 2.27. The maximum Gasteiger partial charge on any atom is 0.240 e. The number of allylic oxidation sites excluding steroid dienone is 1. The van der Waals surface area contributed by atoms with Crippen LogP contribution < -0.4 is 5.32 Å². The molecule has 2 aromatic rings. The van der Waals surface area contributed by atoms with Crippen molar-refractivity contribution in [3.05, 3.63) is 48.8 Å². The van der Waals surface area contributed by atoms with Crippen LogP contribution in [0, 0.1) is 0 Å². The number of imidazole rings is 1. The molecule has 0 spiro atoms. The van der Waals surface area contributed by atoms with E-state index in [-0.39, 0.29) is 24.2 Å². The molecule has 5 heteroatoms. The summed E-state index contributed by atoms with van der Waals surface area (Å²) in [6, 6.07) is 5.41. The first kappa shape index (κ1) is 15.8. The lowest BCUT2D eigenvalue weighted by molar-refractivity contribution is -0.122. The van der Waals surface area contributed by atoms with Gasteiger partial charge in [0.15, 0.2) is 0 Å². The van der Waals surface area contributed by atoms with Gasteiger partial charge >= 0.3 is 0 Å². The number of aromatic hydroxyl groups is 1. The fourth-order valence-corrected chi connectivity index (χ4v) is 2.26. The van der Waals surface area contributed by atoms with E-state index in [1.165, 1.54) is 0 Å². The van der Waals surface area contributed by atoms with E-state index in [1.807, 2.05) is 19.9 Å². The zero-order valence-corrected chi connectivity index (χ0v) is 12.9. The highest BCUT2D eigenvalue weighted by Crippen LogP contribution is 2.25. The van der Waals surface area contributed by atoms with Gasteiger partial charge in [0.25, 0.3) is 0 Å². The molecule has 0 aliphatic heterocycles. The Morgan fingerprint density at radius 1 is 1.50 bits per heavy atom. The van der Waals surface area contributed by atoms with Gasteiger partial charge in [0.1, 0.15) is 18.1 Å². The van der Waals surface area contributed by atoms with E-state index in [9.17, 15) is 9.90 Å². The highest BCUT2D eigenvalue weighted by atomic mass is 16.3. The predicted molar refractivity (Wildman–Crippen MR) is 86.5 cm³/mol. The van der Waals surface area contributed by atoms with Crippen molar-refractivity contribution in [2.45, 2.75) is 32.9 Å². The third kappa shape index (κ3) is 3.75. The Hall–Kier alpha value is -2.56. The highest BCUT2D eigenvalue weighted by molar-refractivity contribution is 5.76. The molecule has 0 fully saturated rings. The molecule has 0 saturated heterocycles. The lowest BCUT2D eigenvalue weighted by atomic mass is 10.1. The number of phenolic OH excluding ortho intramolecular Hbond substituents is 1. The molecule has 116 valence electrons. The normalized spacial score (nSPS) is 10.7. The summed E-state index contributed by atoms with van der Waals surface area (Å²) in [5.41, 5.74) is 1.64. The van der Waals surface area contributed by atoms with E-state index < -0.39 is 0 Å². The first-order valence-electron chi connectivity index (χ1n) is 7.25. The molecular weight excluding hydrogens is 278 g/mol. The molecule has 2 rings (SSSR count). The van der Waals surface area contributed by atoms with E-state index in [0.29, 0.717) is 12.2 Å². The van der Waals surface area contributed by atoms with Crippen LogP contribution in [0.4, 0.5) is 0 Å². The highest BCUT2D eigenvalue weighted by Gasteiger charge is 2.12. The van der Waals surface area contributed by atoms with Crippen molar-refractivity contribution in [3.8, 4) is 17.1 Å². The number of phenols is 1. The van der Waals surface area contributed by atoms with Crippen molar-refractivity contribution in [3.63, 3.8) is 0 Å². The van der Waals surface area contributed by atoms with Crippen molar-refractivity contribution in [2.24, 2.45) is 0 Å². The van der Waals surface area contributed by atoms with Crippen molar-refractivity contribution in [1.82, 2.24) is 14.9 Å². The van der Waals surface area contributed by atoms with E-state index in [0.717, 1.165) is 11.1 Å². The number of rotatable bonds is 6. The van der Waals surface area contributed by atoms with Gasteiger partial charge in [0, 0.05) is 24.0 Å². The second-order valence-corrected chi connectivity index (χ2v) is 5.44. The van der Waals surface area contributed by atoms with Gasteiger partial charge in [-0.2, -0.15) is 0 Å². The van der Waals surface area contributed by atoms with Gasteiger partial charge in [-0.15, -0.1) is 6.58 Å². The molecule has 0 aliphatic rings. The predicted octanol–water partition coefficient (Wildman–Crippen LogP) is 2.51. The fraction of sp³-hybridized carbons (Fsp3) is 0.294. The first-order valence-corrected chi connectivity index (χ1v) is 7.25. The van der Waals surface area contributed by atoms with E-state index in [4.69, 9.17) is 0 Å². The zero-order valence-electron chi connectivity index (χ0n) is 12.9. The maximum absolute atomic E-state index is 11.9. The Labute approximate surface area is 130 Å². The molecular formula is C17H21N3O2. The molecule has 1 heterocycles. The number of hydrogen-bond donors (Lipinski definition) is 2. The van der Waals surface area contributed by atoms with Gasteiger partial charge in [0.05, 0.1) is 0 Å². The average Bonchev–Trinajstić information content (AvgIpc) is 2.88. The van der Waals surface area contributed by atoms with Crippen LogP contribution in [0.15, 0.2) is 43.2 Å². The van der Waals surface area contributed by atoms with Crippen LogP contribution in [0.25, 0.3) is 11.4 Å². The first-order chi connectivity index (χ1) is 10.5. The molecule has 1 amide bonds. The summed E-state index contributed by atoms with van der Waals surface area (Å²) in [5.74, 6) is 0.878. The second kappa shape index (κ2) is 6.93.